The third kappa shape index (κ3) is 1.87. The lowest BCUT2D eigenvalue weighted by Crippen LogP contribution is -2.28. The van der Waals surface area contributed by atoms with Crippen LogP contribution >= 0.6 is 0 Å². The smallest absolute Gasteiger partial charge is 0.0436 e. The molecule has 1 unspecified atom stereocenters. The zero-order chi connectivity index (χ0) is 8.39. The summed E-state index contributed by atoms with van der Waals surface area (Å²) in [5.41, 5.74) is 7.12. The first-order valence-electron chi connectivity index (χ1n) is 4.48. The van der Waals surface area contributed by atoms with Gasteiger partial charge in [0.1, 0.15) is 0 Å². The Morgan fingerprint density at radius 2 is 2.50 bits per heavy atom. The summed E-state index contributed by atoms with van der Waals surface area (Å²) in [5.74, 6) is 0. The monoisotopic (exact) mass is 165 g/mol. The van der Waals surface area contributed by atoms with Crippen molar-refractivity contribution in [1.82, 2.24) is 10.3 Å². The first-order valence-corrected chi connectivity index (χ1v) is 4.48. The highest BCUT2D eigenvalue weighted by Crippen LogP contribution is 2.19. The second kappa shape index (κ2) is 3.29. The van der Waals surface area contributed by atoms with Crippen LogP contribution in [0.25, 0.3) is 0 Å². The number of hydrogen-bond acceptors (Lipinski definition) is 2. The van der Waals surface area contributed by atoms with Gasteiger partial charge in [0.25, 0.3) is 0 Å². The minimum absolute atomic E-state index is 0.136. The Morgan fingerprint density at radius 1 is 1.67 bits per heavy atom. The second-order valence-electron chi connectivity index (χ2n) is 3.43. The van der Waals surface area contributed by atoms with E-state index in [-0.39, 0.29) is 6.04 Å². The summed E-state index contributed by atoms with van der Waals surface area (Å²) in [7, 11) is 0. The fraction of sp³-hybridized carbons (Fsp3) is 0.556. The maximum atomic E-state index is 5.93. The average molecular weight is 165 g/mol. The Labute approximate surface area is 72.3 Å². The van der Waals surface area contributed by atoms with Crippen molar-refractivity contribution in [3.63, 3.8) is 0 Å². The molecule has 0 bridgehead atoms. The van der Waals surface area contributed by atoms with Crippen molar-refractivity contribution in [3.05, 3.63) is 24.0 Å². The van der Waals surface area contributed by atoms with Crippen molar-refractivity contribution in [3.8, 4) is 0 Å². The van der Waals surface area contributed by atoms with Gasteiger partial charge in [0.2, 0.25) is 0 Å². The van der Waals surface area contributed by atoms with Gasteiger partial charge in [-0.2, -0.15) is 0 Å². The maximum Gasteiger partial charge on any atom is 0.0436 e. The molecule has 1 aromatic heterocycles. The van der Waals surface area contributed by atoms with Gasteiger partial charge < -0.3 is 16.0 Å². The molecular weight excluding hydrogens is 150 g/mol. The highest BCUT2D eigenvalue weighted by atomic mass is 15.0. The van der Waals surface area contributed by atoms with Crippen LogP contribution in [0.3, 0.4) is 0 Å². The van der Waals surface area contributed by atoms with Crippen molar-refractivity contribution in [2.24, 2.45) is 5.73 Å². The van der Waals surface area contributed by atoms with Gasteiger partial charge in [0.05, 0.1) is 0 Å². The van der Waals surface area contributed by atoms with Gasteiger partial charge in [-0.15, -0.1) is 0 Å². The molecule has 1 aliphatic carbocycles. The van der Waals surface area contributed by atoms with Crippen LogP contribution in [0.1, 0.15) is 24.4 Å². The Hall–Kier alpha value is -0.800. The highest BCUT2D eigenvalue weighted by molar-refractivity contribution is 5.13. The lowest BCUT2D eigenvalue weighted by Gasteiger charge is -2.09. The number of H-pyrrole nitrogens is 1. The van der Waals surface area contributed by atoms with E-state index in [1.165, 1.54) is 18.4 Å². The Kier molecular flexibility index (Phi) is 2.15. The average Bonchev–Trinajstić information content (AvgIpc) is 2.74. The van der Waals surface area contributed by atoms with Crippen LogP contribution in [0.4, 0.5) is 0 Å². The molecule has 4 N–H and O–H groups in total. The molecule has 66 valence electrons. The fourth-order valence-electron chi connectivity index (χ4n) is 1.27. The van der Waals surface area contributed by atoms with Gasteiger partial charge in [0.15, 0.2) is 0 Å². The van der Waals surface area contributed by atoms with E-state index < -0.39 is 0 Å². The second-order valence-corrected chi connectivity index (χ2v) is 3.43. The quantitative estimate of drug-likeness (QED) is 0.617. The summed E-state index contributed by atoms with van der Waals surface area (Å²) in [5, 5.41) is 3.41. The van der Waals surface area contributed by atoms with E-state index in [0.29, 0.717) is 0 Å². The predicted molar refractivity (Wildman–Crippen MR) is 48.7 cm³/mol. The first-order chi connectivity index (χ1) is 5.86. The van der Waals surface area contributed by atoms with Crippen molar-refractivity contribution in [2.75, 3.05) is 6.54 Å². The van der Waals surface area contributed by atoms with Gasteiger partial charge >= 0.3 is 0 Å². The van der Waals surface area contributed by atoms with Gasteiger partial charge in [-0.25, -0.2) is 0 Å². The van der Waals surface area contributed by atoms with Crippen LogP contribution in [-0.4, -0.2) is 17.6 Å². The molecule has 12 heavy (non-hydrogen) atoms. The predicted octanol–water partition coefficient (Wildman–Crippen LogP) is 0.766. The van der Waals surface area contributed by atoms with Gasteiger partial charge in [-0.3, -0.25) is 0 Å². The molecule has 1 fully saturated rings. The molecule has 1 atom stereocenters. The largest absolute Gasteiger partial charge is 0.367 e. The number of nitrogens with two attached hydrogens (primary N) is 1. The molecule has 2 rings (SSSR count). The summed E-state index contributed by atoms with van der Waals surface area (Å²) in [6, 6.07) is 2.91. The van der Waals surface area contributed by atoms with Gasteiger partial charge in [-0.05, 0) is 24.5 Å². The van der Waals surface area contributed by atoms with Crippen molar-refractivity contribution >= 4 is 0 Å². The van der Waals surface area contributed by atoms with Crippen LogP contribution in [0.5, 0.6) is 0 Å². The first kappa shape index (κ1) is 7.83. The zero-order valence-corrected chi connectivity index (χ0v) is 7.09. The Bertz CT molecular complexity index is 226. The molecule has 0 amide bonds. The van der Waals surface area contributed by atoms with Gasteiger partial charge in [0, 0.05) is 31.0 Å². The van der Waals surface area contributed by atoms with Crippen molar-refractivity contribution in [2.45, 2.75) is 24.9 Å². The molecule has 1 heterocycles. The Balaban J connectivity index is 1.79. The summed E-state index contributed by atoms with van der Waals surface area (Å²) < 4.78 is 0. The number of hydrogen-bond donors (Lipinski definition) is 3. The molecule has 1 saturated carbocycles. The van der Waals surface area contributed by atoms with Crippen LogP contribution in [-0.2, 0) is 0 Å². The molecule has 0 saturated heterocycles. The minimum Gasteiger partial charge on any atom is -0.367 e. The van der Waals surface area contributed by atoms with Crippen LogP contribution in [0.2, 0.25) is 0 Å². The molecule has 0 aliphatic heterocycles. The van der Waals surface area contributed by atoms with E-state index in [1.807, 2.05) is 18.5 Å². The maximum absolute atomic E-state index is 5.93. The summed E-state index contributed by atoms with van der Waals surface area (Å²) in [6.45, 7) is 0.891. The number of nitrogens with one attached hydrogen (secondary N) is 2. The van der Waals surface area contributed by atoms with Crippen molar-refractivity contribution in [1.29, 1.82) is 0 Å². The Morgan fingerprint density at radius 3 is 3.08 bits per heavy atom. The molecule has 0 radical (unpaired) electrons. The third-order valence-electron chi connectivity index (χ3n) is 2.25. The number of rotatable bonds is 4. The molecule has 0 spiro atoms. The fourth-order valence-corrected chi connectivity index (χ4v) is 1.27. The SMILES string of the molecule is NC(CNC1CC1)c1cc[nH]c1. The normalized spacial score (nSPS) is 19.4. The summed E-state index contributed by atoms with van der Waals surface area (Å²) >= 11 is 0. The lowest BCUT2D eigenvalue weighted by molar-refractivity contribution is 0.595. The minimum atomic E-state index is 0.136. The summed E-state index contributed by atoms with van der Waals surface area (Å²) in [4.78, 5) is 3.01. The lowest BCUT2D eigenvalue weighted by atomic mass is 10.1. The molecule has 3 nitrogen and oxygen atoms in total. The van der Waals surface area contributed by atoms with E-state index in [2.05, 4.69) is 10.3 Å². The van der Waals surface area contributed by atoms with Crippen LogP contribution < -0.4 is 11.1 Å². The molecule has 0 aromatic carbocycles. The van der Waals surface area contributed by atoms with E-state index in [9.17, 15) is 0 Å². The van der Waals surface area contributed by atoms with E-state index in [0.717, 1.165) is 12.6 Å². The topological polar surface area (TPSA) is 53.8 Å². The van der Waals surface area contributed by atoms with E-state index >= 15 is 0 Å². The molecule has 1 aromatic rings. The molecule has 1 aliphatic rings. The highest BCUT2D eigenvalue weighted by Gasteiger charge is 2.21. The molecule has 3 heteroatoms. The standard InChI is InChI=1S/C9H15N3/c10-9(6-12-8-1-2-8)7-3-4-11-5-7/h3-5,8-9,11-12H,1-2,6,10H2. The van der Waals surface area contributed by atoms with Crippen LogP contribution in [0.15, 0.2) is 18.5 Å². The van der Waals surface area contributed by atoms with Gasteiger partial charge in [-0.1, -0.05) is 0 Å². The zero-order valence-electron chi connectivity index (χ0n) is 7.09. The summed E-state index contributed by atoms with van der Waals surface area (Å²) in [6.07, 6.45) is 6.51. The van der Waals surface area contributed by atoms with E-state index in [4.69, 9.17) is 5.73 Å². The number of aromatic amines is 1. The van der Waals surface area contributed by atoms with E-state index in [1.54, 1.807) is 0 Å². The number of aromatic nitrogens is 1. The molecular formula is C9H15N3. The third-order valence-corrected chi connectivity index (χ3v) is 2.25. The van der Waals surface area contributed by atoms with Crippen LogP contribution in [0, 0.1) is 0 Å². The van der Waals surface area contributed by atoms with Crippen molar-refractivity contribution < 1.29 is 0 Å².